The summed E-state index contributed by atoms with van der Waals surface area (Å²) in [5.41, 5.74) is 8.93. The summed E-state index contributed by atoms with van der Waals surface area (Å²) in [5, 5.41) is 3.23. The van der Waals surface area contributed by atoms with E-state index in [4.69, 9.17) is 10.2 Å². The lowest BCUT2D eigenvalue weighted by atomic mass is 10.1. The number of aryl methyl sites for hydroxylation is 1. The van der Waals surface area contributed by atoms with E-state index in [0.29, 0.717) is 24.4 Å². The fourth-order valence-corrected chi connectivity index (χ4v) is 3.20. The molecule has 1 saturated heterocycles. The highest BCUT2D eigenvalue weighted by Gasteiger charge is 2.22. The molecule has 1 atom stereocenters. The highest BCUT2D eigenvalue weighted by atomic mass is 127. The number of nitrogens with two attached hydrogens (primary N) is 1. The van der Waals surface area contributed by atoms with Crippen molar-refractivity contribution in [3.8, 4) is 11.5 Å². The number of likely N-dealkylation sites (N-methyl/N-ethyl adjacent to an activating group) is 1. The summed E-state index contributed by atoms with van der Waals surface area (Å²) in [7, 11) is 0. The largest absolute Gasteiger partial charge is 0.444 e. The van der Waals surface area contributed by atoms with Crippen LogP contribution in [-0.4, -0.2) is 41.5 Å². The molecule has 1 aliphatic heterocycles. The Hall–Kier alpha value is -1.61. The number of aromatic nitrogens is 1. The van der Waals surface area contributed by atoms with Crippen LogP contribution in [0, 0.1) is 6.92 Å². The van der Waals surface area contributed by atoms with Crippen molar-refractivity contribution < 1.29 is 4.42 Å². The molecule has 2 aromatic rings. The van der Waals surface area contributed by atoms with E-state index in [1.807, 2.05) is 24.3 Å². The number of likely N-dealkylation sites (tertiary alicyclic amines) is 1. The molecule has 1 unspecified atom stereocenters. The maximum atomic E-state index is 5.98. The van der Waals surface area contributed by atoms with Crippen LogP contribution < -0.4 is 11.1 Å². The van der Waals surface area contributed by atoms with Gasteiger partial charge in [0.1, 0.15) is 12.0 Å². The van der Waals surface area contributed by atoms with Gasteiger partial charge in [-0.15, -0.1) is 24.0 Å². The van der Waals surface area contributed by atoms with Gasteiger partial charge in [-0.1, -0.05) is 24.6 Å². The first-order valence-corrected chi connectivity index (χ1v) is 8.95. The number of aliphatic imine (C=N–C) groups is 1. The lowest BCUT2D eigenvalue weighted by Gasteiger charge is -2.23. The predicted octanol–water partition coefficient (Wildman–Crippen LogP) is 3.16. The molecule has 2 heterocycles. The Morgan fingerprint density at radius 3 is 2.88 bits per heavy atom. The van der Waals surface area contributed by atoms with E-state index < -0.39 is 0 Å². The van der Waals surface area contributed by atoms with Gasteiger partial charge in [-0.3, -0.25) is 4.90 Å². The first kappa shape index (κ1) is 20.7. The van der Waals surface area contributed by atoms with Gasteiger partial charge in [0.25, 0.3) is 0 Å². The number of rotatable bonds is 6. The third kappa shape index (κ3) is 5.44. The summed E-state index contributed by atoms with van der Waals surface area (Å²) < 4.78 is 5.54. The van der Waals surface area contributed by atoms with Gasteiger partial charge in [-0.05, 0) is 45.0 Å². The molecule has 0 amide bonds. The van der Waals surface area contributed by atoms with E-state index in [2.05, 4.69) is 34.0 Å². The third-order valence-corrected chi connectivity index (χ3v) is 4.69. The second-order valence-electron chi connectivity index (χ2n) is 6.52. The van der Waals surface area contributed by atoms with Gasteiger partial charge in [0, 0.05) is 18.2 Å². The number of hydrogen-bond acceptors (Lipinski definition) is 4. The standard InChI is InChI=1S/C19H27N5O.HI/c1-3-24-10-4-5-17(24)12-22-19(20)21-11-16-13-25-18(23-16)15-8-6-14(2)7-9-15;/h6-9,13,17H,3-5,10-12H2,1-2H3,(H3,20,21,22);1H. The molecule has 1 aromatic heterocycles. The molecular formula is C19H28IN5O. The van der Waals surface area contributed by atoms with Gasteiger partial charge in [-0.25, -0.2) is 9.98 Å². The summed E-state index contributed by atoms with van der Waals surface area (Å²) in [6.45, 7) is 7.78. The van der Waals surface area contributed by atoms with Crippen LogP contribution in [0.2, 0.25) is 0 Å². The molecule has 142 valence electrons. The van der Waals surface area contributed by atoms with Crippen LogP contribution in [0.5, 0.6) is 0 Å². The topological polar surface area (TPSA) is 79.7 Å². The van der Waals surface area contributed by atoms with Gasteiger partial charge in [0.2, 0.25) is 5.89 Å². The van der Waals surface area contributed by atoms with Gasteiger partial charge in [-0.2, -0.15) is 0 Å². The van der Waals surface area contributed by atoms with Crippen molar-refractivity contribution in [1.29, 1.82) is 0 Å². The van der Waals surface area contributed by atoms with Crippen molar-refractivity contribution in [2.45, 2.75) is 39.3 Å². The Labute approximate surface area is 172 Å². The van der Waals surface area contributed by atoms with Crippen molar-refractivity contribution in [3.05, 3.63) is 41.8 Å². The first-order valence-electron chi connectivity index (χ1n) is 8.95. The number of oxazole rings is 1. The number of halogens is 1. The lowest BCUT2D eigenvalue weighted by molar-refractivity contribution is 0.267. The minimum Gasteiger partial charge on any atom is -0.444 e. The fraction of sp³-hybridized carbons (Fsp3) is 0.474. The Balaban J connectivity index is 0.00000243. The van der Waals surface area contributed by atoms with Crippen molar-refractivity contribution in [2.24, 2.45) is 10.7 Å². The van der Waals surface area contributed by atoms with Gasteiger partial charge < -0.3 is 15.5 Å². The molecule has 1 aliphatic rings. The van der Waals surface area contributed by atoms with Crippen LogP contribution in [0.4, 0.5) is 0 Å². The Morgan fingerprint density at radius 1 is 1.38 bits per heavy atom. The zero-order valence-electron chi connectivity index (χ0n) is 15.4. The number of benzene rings is 1. The van der Waals surface area contributed by atoms with Crippen LogP contribution in [0.25, 0.3) is 11.5 Å². The summed E-state index contributed by atoms with van der Waals surface area (Å²) >= 11 is 0. The summed E-state index contributed by atoms with van der Waals surface area (Å²) in [4.78, 5) is 11.3. The van der Waals surface area contributed by atoms with Gasteiger partial charge in [0.05, 0.1) is 6.54 Å². The van der Waals surface area contributed by atoms with E-state index in [0.717, 1.165) is 24.3 Å². The first-order chi connectivity index (χ1) is 12.2. The molecule has 3 N–H and O–H groups in total. The molecule has 1 aromatic carbocycles. The molecular weight excluding hydrogens is 441 g/mol. The number of hydrogen-bond donors (Lipinski definition) is 2. The van der Waals surface area contributed by atoms with Crippen molar-refractivity contribution in [2.75, 3.05) is 19.6 Å². The average Bonchev–Trinajstić information content (AvgIpc) is 3.27. The molecule has 0 spiro atoms. The summed E-state index contributed by atoms with van der Waals surface area (Å²) in [5.74, 6) is 1.07. The number of nitrogens with zero attached hydrogens (tertiary/aromatic N) is 3. The zero-order chi connectivity index (χ0) is 17.6. The maximum absolute atomic E-state index is 5.98. The highest BCUT2D eigenvalue weighted by Crippen LogP contribution is 2.19. The quantitative estimate of drug-likeness (QED) is 0.386. The molecule has 7 heteroatoms. The Kier molecular flexibility index (Phi) is 7.89. The molecule has 6 nitrogen and oxygen atoms in total. The molecule has 3 rings (SSSR count). The minimum absolute atomic E-state index is 0. The smallest absolute Gasteiger partial charge is 0.226 e. The van der Waals surface area contributed by atoms with Crippen molar-refractivity contribution in [1.82, 2.24) is 15.2 Å². The third-order valence-electron chi connectivity index (χ3n) is 4.69. The number of nitrogens with one attached hydrogen (secondary N) is 1. The summed E-state index contributed by atoms with van der Waals surface area (Å²) in [6.07, 6.45) is 4.12. The summed E-state index contributed by atoms with van der Waals surface area (Å²) in [6, 6.07) is 8.65. The molecule has 0 radical (unpaired) electrons. The molecule has 26 heavy (non-hydrogen) atoms. The normalized spacial score (nSPS) is 17.9. The SMILES string of the molecule is CCN1CCCC1CNC(N)=NCc1coc(-c2ccc(C)cc2)n1.I. The molecule has 0 saturated carbocycles. The van der Waals surface area contributed by atoms with Crippen LogP contribution in [0.1, 0.15) is 31.0 Å². The van der Waals surface area contributed by atoms with Crippen LogP contribution in [0.15, 0.2) is 39.9 Å². The number of guanidine groups is 1. The molecule has 0 aliphatic carbocycles. The van der Waals surface area contributed by atoms with E-state index in [1.165, 1.54) is 24.9 Å². The lowest BCUT2D eigenvalue weighted by Crippen LogP contribution is -2.42. The van der Waals surface area contributed by atoms with Crippen molar-refractivity contribution >= 4 is 29.9 Å². The van der Waals surface area contributed by atoms with Gasteiger partial charge in [0.15, 0.2) is 5.96 Å². The van der Waals surface area contributed by atoms with E-state index >= 15 is 0 Å². The Bertz CT molecular complexity index is 713. The fourth-order valence-electron chi connectivity index (χ4n) is 3.20. The zero-order valence-corrected chi connectivity index (χ0v) is 17.8. The van der Waals surface area contributed by atoms with Crippen molar-refractivity contribution in [3.63, 3.8) is 0 Å². The minimum atomic E-state index is 0. The Morgan fingerprint density at radius 2 is 2.15 bits per heavy atom. The highest BCUT2D eigenvalue weighted by molar-refractivity contribution is 14.0. The van der Waals surface area contributed by atoms with Gasteiger partial charge >= 0.3 is 0 Å². The van der Waals surface area contributed by atoms with Crippen LogP contribution >= 0.6 is 24.0 Å². The van der Waals surface area contributed by atoms with E-state index in [9.17, 15) is 0 Å². The predicted molar refractivity (Wildman–Crippen MR) is 116 cm³/mol. The second kappa shape index (κ2) is 9.91. The monoisotopic (exact) mass is 469 g/mol. The molecule has 0 bridgehead atoms. The van der Waals surface area contributed by atoms with E-state index in [-0.39, 0.29) is 24.0 Å². The van der Waals surface area contributed by atoms with Crippen LogP contribution in [-0.2, 0) is 6.54 Å². The second-order valence-corrected chi connectivity index (χ2v) is 6.52. The van der Waals surface area contributed by atoms with Crippen LogP contribution in [0.3, 0.4) is 0 Å². The average molecular weight is 469 g/mol. The maximum Gasteiger partial charge on any atom is 0.226 e. The van der Waals surface area contributed by atoms with E-state index in [1.54, 1.807) is 6.26 Å². The molecule has 1 fully saturated rings.